The summed E-state index contributed by atoms with van der Waals surface area (Å²) < 4.78 is 0. The molecular formula is C10H19N3. The smallest absolute Gasteiger partial charge is 0.103 e. The van der Waals surface area contributed by atoms with E-state index in [4.69, 9.17) is 0 Å². The zero-order valence-electron chi connectivity index (χ0n) is 9.15. The third kappa shape index (κ3) is 2.31. The molecule has 0 unspecified atom stereocenters. The highest BCUT2D eigenvalue weighted by Crippen LogP contribution is 2.23. The lowest BCUT2D eigenvalue weighted by Crippen LogP contribution is -2.17. The second-order valence-electron chi connectivity index (χ2n) is 4.43. The van der Waals surface area contributed by atoms with Crippen LogP contribution in [0.25, 0.3) is 0 Å². The van der Waals surface area contributed by atoms with Crippen molar-refractivity contribution in [3.63, 3.8) is 0 Å². The van der Waals surface area contributed by atoms with Crippen LogP contribution < -0.4 is 5.32 Å². The van der Waals surface area contributed by atoms with Crippen molar-refractivity contribution in [2.24, 2.45) is 0 Å². The number of aromatic amines is 1. The number of aryl methyl sites for hydroxylation is 1. The summed E-state index contributed by atoms with van der Waals surface area (Å²) in [4.78, 5) is 7.78. The first-order valence-electron chi connectivity index (χ1n) is 4.65. The van der Waals surface area contributed by atoms with Crippen molar-refractivity contribution < 1.29 is 0 Å². The number of hydrogen-bond donors (Lipinski definition) is 2. The number of nitrogens with one attached hydrogen (secondary N) is 2. The number of rotatable bonds is 2. The zero-order valence-corrected chi connectivity index (χ0v) is 9.15. The van der Waals surface area contributed by atoms with E-state index < -0.39 is 0 Å². The predicted octanol–water partition coefficient (Wildman–Crippen LogP) is 1.74. The highest BCUT2D eigenvalue weighted by molar-refractivity contribution is 5.21. The van der Waals surface area contributed by atoms with E-state index in [-0.39, 0.29) is 5.41 Å². The summed E-state index contributed by atoms with van der Waals surface area (Å²) in [6.45, 7) is 9.40. The lowest BCUT2D eigenvalue weighted by molar-refractivity contribution is 0.560. The molecule has 3 heteroatoms. The van der Waals surface area contributed by atoms with Gasteiger partial charge in [-0.05, 0) is 14.0 Å². The quantitative estimate of drug-likeness (QED) is 0.729. The molecule has 0 atom stereocenters. The first kappa shape index (κ1) is 10.3. The summed E-state index contributed by atoms with van der Waals surface area (Å²) in [6, 6.07) is 0. The summed E-state index contributed by atoms with van der Waals surface area (Å²) in [6.07, 6.45) is 0. The minimum absolute atomic E-state index is 0.122. The van der Waals surface area contributed by atoms with Crippen LogP contribution in [0.15, 0.2) is 0 Å². The molecule has 1 heterocycles. The highest BCUT2D eigenvalue weighted by atomic mass is 15.0. The van der Waals surface area contributed by atoms with Crippen LogP contribution in [0, 0.1) is 6.92 Å². The lowest BCUT2D eigenvalue weighted by atomic mass is 9.91. The molecule has 0 fully saturated rings. The molecule has 3 nitrogen and oxygen atoms in total. The van der Waals surface area contributed by atoms with Gasteiger partial charge >= 0.3 is 0 Å². The SMILES string of the molecule is CNCc1[nH]c(C)nc1C(C)(C)C. The Morgan fingerprint density at radius 2 is 2.00 bits per heavy atom. The Kier molecular flexibility index (Phi) is 2.76. The average molecular weight is 181 g/mol. The second-order valence-corrected chi connectivity index (χ2v) is 4.43. The van der Waals surface area contributed by atoms with Crippen LogP contribution in [0.1, 0.15) is 38.0 Å². The topological polar surface area (TPSA) is 40.7 Å². The Balaban J connectivity index is 3.04. The van der Waals surface area contributed by atoms with Gasteiger partial charge in [0.05, 0.1) is 11.4 Å². The minimum Gasteiger partial charge on any atom is -0.345 e. The van der Waals surface area contributed by atoms with Crippen LogP contribution >= 0.6 is 0 Å². The molecule has 0 aliphatic heterocycles. The van der Waals surface area contributed by atoms with E-state index in [2.05, 4.69) is 36.1 Å². The minimum atomic E-state index is 0.122. The van der Waals surface area contributed by atoms with Crippen LogP contribution in [0.5, 0.6) is 0 Å². The Bertz CT molecular complexity index is 281. The summed E-state index contributed by atoms with van der Waals surface area (Å²) >= 11 is 0. The molecule has 13 heavy (non-hydrogen) atoms. The molecule has 0 bridgehead atoms. The summed E-state index contributed by atoms with van der Waals surface area (Å²) in [7, 11) is 1.95. The Hall–Kier alpha value is -0.830. The molecule has 0 amide bonds. The van der Waals surface area contributed by atoms with Crippen LogP contribution in [-0.4, -0.2) is 17.0 Å². The van der Waals surface area contributed by atoms with Crippen molar-refractivity contribution in [3.05, 3.63) is 17.2 Å². The van der Waals surface area contributed by atoms with E-state index in [9.17, 15) is 0 Å². The Labute approximate surface area is 80.0 Å². The van der Waals surface area contributed by atoms with Gasteiger partial charge in [0.1, 0.15) is 5.82 Å². The lowest BCUT2D eigenvalue weighted by Gasteiger charge is -2.17. The number of H-pyrrole nitrogens is 1. The molecule has 0 spiro atoms. The molecule has 0 aliphatic carbocycles. The normalized spacial score (nSPS) is 12.1. The standard InChI is InChI=1S/C10H19N3/c1-7-12-8(6-11-5)9(13-7)10(2,3)4/h11H,6H2,1-5H3,(H,12,13). The van der Waals surface area contributed by atoms with Gasteiger partial charge in [-0.25, -0.2) is 4.98 Å². The van der Waals surface area contributed by atoms with Gasteiger partial charge < -0.3 is 10.3 Å². The van der Waals surface area contributed by atoms with Crippen LogP contribution in [0.4, 0.5) is 0 Å². The number of nitrogens with zero attached hydrogens (tertiary/aromatic N) is 1. The van der Waals surface area contributed by atoms with E-state index in [1.807, 2.05) is 14.0 Å². The molecular weight excluding hydrogens is 162 g/mol. The molecule has 74 valence electrons. The molecule has 0 saturated carbocycles. The van der Waals surface area contributed by atoms with Gasteiger partial charge in [-0.3, -0.25) is 0 Å². The average Bonchev–Trinajstić information content (AvgIpc) is 2.30. The van der Waals surface area contributed by atoms with Gasteiger partial charge in [-0.2, -0.15) is 0 Å². The molecule has 0 saturated heterocycles. The first-order valence-corrected chi connectivity index (χ1v) is 4.65. The fourth-order valence-corrected chi connectivity index (χ4v) is 1.47. The number of imidazole rings is 1. The van der Waals surface area contributed by atoms with Gasteiger partial charge in [0.15, 0.2) is 0 Å². The van der Waals surface area contributed by atoms with Crippen LogP contribution in [-0.2, 0) is 12.0 Å². The van der Waals surface area contributed by atoms with Crippen LogP contribution in [0.3, 0.4) is 0 Å². The van der Waals surface area contributed by atoms with E-state index in [1.165, 1.54) is 11.4 Å². The maximum atomic E-state index is 4.50. The van der Waals surface area contributed by atoms with E-state index in [0.29, 0.717) is 0 Å². The largest absolute Gasteiger partial charge is 0.345 e. The number of aromatic nitrogens is 2. The molecule has 1 aromatic heterocycles. The number of hydrogen-bond acceptors (Lipinski definition) is 2. The van der Waals surface area contributed by atoms with Crippen molar-refractivity contribution >= 4 is 0 Å². The maximum absolute atomic E-state index is 4.50. The molecule has 2 N–H and O–H groups in total. The molecule has 0 aromatic carbocycles. The van der Waals surface area contributed by atoms with Gasteiger partial charge in [0, 0.05) is 12.0 Å². The first-order chi connectivity index (χ1) is 5.95. The monoisotopic (exact) mass is 181 g/mol. The fourth-order valence-electron chi connectivity index (χ4n) is 1.47. The summed E-state index contributed by atoms with van der Waals surface area (Å²) in [5.74, 6) is 0.996. The van der Waals surface area contributed by atoms with Gasteiger partial charge in [-0.1, -0.05) is 20.8 Å². The molecule has 0 radical (unpaired) electrons. The van der Waals surface area contributed by atoms with E-state index in [1.54, 1.807) is 0 Å². The maximum Gasteiger partial charge on any atom is 0.103 e. The van der Waals surface area contributed by atoms with Crippen molar-refractivity contribution in [1.29, 1.82) is 0 Å². The van der Waals surface area contributed by atoms with Gasteiger partial charge in [0.2, 0.25) is 0 Å². The van der Waals surface area contributed by atoms with Crippen LogP contribution in [0.2, 0.25) is 0 Å². The third-order valence-corrected chi connectivity index (χ3v) is 1.96. The molecule has 1 rings (SSSR count). The second kappa shape index (κ2) is 3.50. The predicted molar refractivity (Wildman–Crippen MR) is 54.8 cm³/mol. The van der Waals surface area contributed by atoms with E-state index >= 15 is 0 Å². The highest BCUT2D eigenvalue weighted by Gasteiger charge is 2.21. The van der Waals surface area contributed by atoms with E-state index in [0.717, 1.165) is 12.4 Å². The summed E-state index contributed by atoms with van der Waals surface area (Å²) in [5.41, 5.74) is 2.49. The third-order valence-electron chi connectivity index (χ3n) is 1.96. The van der Waals surface area contributed by atoms with Gasteiger partial charge in [-0.15, -0.1) is 0 Å². The molecule has 0 aliphatic rings. The van der Waals surface area contributed by atoms with Crippen molar-refractivity contribution in [2.75, 3.05) is 7.05 Å². The van der Waals surface area contributed by atoms with Crippen molar-refractivity contribution in [3.8, 4) is 0 Å². The Morgan fingerprint density at radius 1 is 1.38 bits per heavy atom. The van der Waals surface area contributed by atoms with Crippen molar-refractivity contribution in [1.82, 2.24) is 15.3 Å². The fraction of sp³-hybridized carbons (Fsp3) is 0.700. The Morgan fingerprint density at radius 3 is 2.46 bits per heavy atom. The summed E-state index contributed by atoms with van der Waals surface area (Å²) in [5, 5.41) is 3.14. The van der Waals surface area contributed by atoms with Crippen molar-refractivity contribution in [2.45, 2.75) is 39.7 Å². The zero-order chi connectivity index (χ0) is 10.1. The molecule has 1 aromatic rings. The van der Waals surface area contributed by atoms with Gasteiger partial charge in [0.25, 0.3) is 0 Å².